The van der Waals surface area contributed by atoms with E-state index in [1.54, 1.807) is 0 Å². The van der Waals surface area contributed by atoms with Gasteiger partial charge >= 0.3 is 0 Å². The molecule has 1 aromatic rings. The minimum atomic E-state index is 1.07. The van der Waals surface area contributed by atoms with Gasteiger partial charge in [0.2, 0.25) is 0 Å². The summed E-state index contributed by atoms with van der Waals surface area (Å²) in [5.74, 6) is 1.14. The van der Waals surface area contributed by atoms with E-state index in [-0.39, 0.29) is 0 Å². The number of thioether (sulfide) groups is 1. The summed E-state index contributed by atoms with van der Waals surface area (Å²) in [6, 6.07) is 4.52. The molecule has 0 aliphatic carbocycles. The van der Waals surface area contributed by atoms with Gasteiger partial charge in [-0.3, -0.25) is 0 Å². The number of aryl methyl sites for hydroxylation is 3. The van der Waals surface area contributed by atoms with E-state index in [2.05, 4.69) is 38.2 Å². The van der Waals surface area contributed by atoms with Crippen LogP contribution in [0, 0.1) is 20.8 Å². The molecule has 0 heterocycles. The largest absolute Gasteiger partial charge is 0.319 e. The summed E-state index contributed by atoms with van der Waals surface area (Å²) in [6.45, 7) is 7.61. The van der Waals surface area contributed by atoms with Crippen molar-refractivity contribution in [3.8, 4) is 0 Å². The van der Waals surface area contributed by atoms with Crippen molar-refractivity contribution in [1.29, 1.82) is 0 Å². The highest BCUT2D eigenvalue weighted by molar-refractivity contribution is 7.99. The SMILES string of the molecule is CNCCSc1c(C)cc(C)cc1C. The van der Waals surface area contributed by atoms with Crippen molar-refractivity contribution in [2.45, 2.75) is 25.7 Å². The Bertz CT molecular complexity index is 284. The molecule has 0 aliphatic rings. The molecule has 0 bridgehead atoms. The van der Waals surface area contributed by atoms with Gasteiger partial charge in [-0.05, 0) is 38.9 Å². The van der Waals surface area contributed by atoms with Crippen molar-refractivity contribution in [2.24, 2.45) is 0 Å². The molecule has 0 aliphatic heterocycles. The number of rotatable bonds is 4. The predicted octanol–water partition coefficient (Wildman–Crippen LogP) is 2.92. The van der Waals surface area contributed by atoms with Crippen LogP contribution in [0.15, 0.2) is 17.0 Å². The van der Waals surface area contributed by atoms with Crippen LogP contribution in [0.25, 0.3) is 0 Å². The maximum Gasteiger partial charge on any atom is 0.0131 e. The first-order valence-corrected chi connectivity index (χ1v) is 5.99. The van der Waals surface area contributed by atoms with Crippen molar-refractivity contribution in [2.75, 3.05) is 19.3 Å². The van der Waals surface area contributed by atoms with Crippen LogP contribution in [0.4, 0.5) is 0 Å². The monoisotopic (exact) mass is 209 g/mol. The maximum absolute atomic E-state index is 3.17. The summed E-state index contributed by atoms with van der Waals surface area (Å²) in [6.07, 6.45) is 0. The summed E-state index contributed by atoms with van der Waals surface area (Å²) in [5, 5.41) is 3.17. The summed E-state index contributed by atoms with van der Waals surface area (Å²) in [7, 11) is 2.00. The van der Waals surface area contributed by atoms with Crippen LogP contribution in [0.2, 0.25) is 0 Å². The molecule has 0 aromatic heterocycles. The molecule has 0 radical (unpaired) electrons. The second-order valence-corrected chi connectivity index (χ2v) is 4.79. The average molecular weight is 209 g/mol. The van der Waals surface area contributed by atoms with Crippen LogP contribution >= 0.6 is 11.8 Å². The molecule has 0 saturated heterocycles. The first-order chi connectivity index (χ1) is 6.65. The average Bonchev–Trinajstić information content (AvgIpc) is 2.09. The van der Waals surface area contributed by atoms with Gasteiger partial charge in [0.05, 0.1) is 0 Å². The van der Waals surface area contributed by atoms with E-state index in [4.69, 9.17) is 0 Å². The molecular formula is C12H19NS. The Kier molecular flexibility index (Phi) is 4.49. The molecule has 14 heavy (non-hydrogen) atoms. The highest BCUT2D eigenvalue weighted by Gasteiger charge is 2.03. The molecule has 0 spiro atoms. The molecule has 1 nitrogen and oxygen atoms in total. The van der Waals surface area contributed by atoms with Gasteiger partial charge in [0.25, 0.3) is 0 Å². The Balaban J connectivity index is 2.75. The third kappa shape index (κ3) is 3.03. The van der Waals surface area contributed by atoms with Crippen molar-refractivity contribution in [3.63, 3.8) is 0 Å². The van der Waals surface area contributed by atoms with Crippen molar-refractivity contribution < 1.29 is 0 Å². The lowest BCUT2D eigenvalue weighted by Crippen LogP contribution is -2.09. The standard InChI is InChI=1S/C12H19NS/c1-9-7-10(2)12(11(3)8-9)14-6-5-13-4/h7-8,13H,5-6H2,1-4H3. The molecule has 1 aromatic carbocycles. The second-order valence-electron chi connectivity index (χ2n) is 3.68. The lowest BCUT2D eigenvalue weighted by atomic mass is 10.1. The number of hydrogen-bond acceptors (Lipinski definition) is 2. The third-order valence-electron chi connectivity index (χ3n) is 2.20. The molecule has 0 atom stereocenters. The lowest BCUT2D eigenvalue weighted by Gasteiger charge is -2.10. The van der Waals surface area contributed by atoms with E-state index in [1.807, 2.05) is 18.8 Å². The summed E-state index contributed by atoms with van der Waals surface area (Å²) in [4.78, 5) is 1.45. The molecular weight excluding hydrogens is 190 g/mol. The van der Waals surface area contributed by atoms with Gasteiger partial charge in [-0.15, -0.1) is 11.8 Å². The van der Waals surface area contributed by atoms with E-state index in [0.717, 1.165) is 12.3 Å². The molecule has 0 saturated carbocycles. The van der Waals surface area contributed by atoms with E-state index in [9.17, 15) is 0 Å². The Hall–Kier alpha value is -0.470. The summed E-state index contributed by atoms with van der Waals surface area (Å²) >= 11 is 1.94. The number of benzene rings is 1. The van der Waals surface area contributed by atoms with E-state index in [1.165, 1.54) is 21.6 Å². The van der Waals surface area contributed by atoms with E-state index in [0.29, 0.717) is 0 Å². The minimum absolute atomic E-state index is 1.07. The third-order valence-corrected chi connectivity index (χ3v) is 3.54. The Morgan fingerprint density at radius 3 is 2.21 bits per heavy atom. The Labute approximate surface area is 91.3 Å². The zero-order chi connectivity index (χ0) is 10.6. The molecule has 1 rings (SSSR count). The molecule has 78 valence electrons. The first kappa shape index (κ1) is 11.6. The zero-order valence-electron chi connectivity index (χ0n) is 9.48. The van der Waals surface area contributed by atoms with Gasteiger partial charge < -0.3 is 5.32 Å². The minimum Gasteiger partial charge on any atom is -0.319 e. The Morgan fingerprint density at radius 1 is 1.14 bits per heavy atom. The normalized spacial score (nSPS) is 10.6. The van der Waals surface area contributed by atoms with Crippen molar-refractivity contribution in [3.05, 3.63) is 28.8 Å². The number of nitrogens with one attached hydrogen (secondary N) is 1. The van der Waals surface area contributed by atoms with E-state index < -0.39 is 0 Å². The number of hydrogen-bond donors (Lipinski definition) is 1. The van der Waals surface area contributed by atoms with Crippen LogP contribution in [0.5, 0.6) is 0 Å². The van der Waals surface area contributed by atoms with Crippen LogP contribution < -0.4 is 5.32 Å². The fraction of sp³-hybridized carbons (Fsp3) is 0.500. The second kappa shape index (κ2) is 5.42. The summed E-state index contributed by atoms with van der Waals surface area (Å²) < 4.78 is 0. The van der Waals surface area contributed by atoms with Gasteiger partial charge in [0.1, 0.15) is 0 Å². The Morgan fingerprint density at radius 2 is 1.71 bits per heavy atom. The van der Waals surface area contributed by atoms with E-state index >= 15 is 0 Å². The quantitative estimate of drug-likeness (QED) is 0.604. The van der Waals surface area contributed by atoms with Gasteiger partial charge in [-0.1, -0.05) is 17.7 Å². The molecule has 0 amide bonds. The molecule has 0 unspecified atom stereocenters. The van der Waals surface area contributed by atoms with Crippen LogP contribution in [0.1, 0.15) is 16.7 Å². The van der Waals surface area contributed by atoms with Crippen LogP contribution in [0.3, 0.4) is 0 Å². The van der Waals surface area contributed by atoms with Gasteiger partial charge in [-0.2, -0.15) is 0 Å². The molecule has 0 fully saturated rings. The van der Waals surface area contributed by atoms with Crippen LogP contribution in [-0.4, -0.2) is 19.3 Å². The van der Waals surface area contributed by atoms with Crippen molar-refractivity contribution >= 4 is 11.8 Å². The smallest absolute Gasteiger partial charge is 0.0131 e. The zero-order valence-corrected chi connectivity index (χ0v) is 10.3. The lowest BCUT2D eigenvalue weighted by molar-refractivity contribution is 0.871. The van der Waals surface area contributed by atoms with Crippen molar-refractivity contribution in [1.82, 2.24) is 5.32 Å². The predicted molar refractivity (Wildman–Crippen MR) is 65.3 cm³/mol. The van der Waals surface area contributed by atoms with Gasteiger partial charge in [0.15, 0.2) is 0 Å². The summed E-state index contributed by atoms with van der Waals surface area (Å²) in [5.41, 5.74) is 4.17. The molecule has 2 heteroatoms. The fourth-order valence-corrected chi connectivity index (χ4v) is 2.73. The van der Waals surface area contributed by atoms with Gasteiger partial charge in [-0.25, -0.2) is 0 Å². The van der Waals surface area contributed by atoms with Crippen LogP contribution in [-0.2, 0) is 0 Å². The van der Waals surface area contributed by atoms with Gasteiger partial charge in [0, 0.05) is 17.2 Å². The first-order valence-electron chi connectivity index (χ1n) is 5.00. The fourth-order valence-electron chi connectivity index (χ4n) is 1.65. The molecule has 1 N–H and O–H groups in total. The topological polar surface area (TPSA) is 12.0 Å². The highest BCUT2D eigenvalue weighted by atomic mass is 32.2. The maximum atomic E-state index is 3.17. The highest BCUT2D eigenvalue weighted by Crippen LogP contribution is 2.26.